The molecule has 1 aliphatic rings. The first-order valence-electron chi connectivity index (χ1n) is 7.97. The normalized spacial score (nSPS) is 12.8. The number of halogens is 1. The molecule has 4 heteroatoms. The lowest BCUT2D eigenvalue weighted by molar-refractivity contribution is 0.792. The molecule has 0 saturated carbocycles. The molecule has 0 unspecified atom stereocenters. The van der Waals surface area contributed by atoms with E-state index in [1.165, 1.54) is 5.56 Å². The maximum absolute atomic E-state index is 9.81. The molecular formula is C20H16ClN3. The minimum Gasteiger partial charge on any atom is -0.312 e. The van der Waals surface area contributed by atoms with Crippen molar-refractivity contribution in [2.75, 3.05) is 0 Å². The second-order valence-electron chi connectivity index (χ2n) is 6.38. The molecule has 0 spiro atoms. The summed E-state index contributed by atoms with van der Waals surface area (Å²) in [6.07, 6.45) is 1.91. The number of nitrogens with zero attached hydrogens (tertiary/aromatic N) is 3. The Kier molecular flexibility index (Phi) is 3.44. The van der Waals surface area contributed by atoms with Crippen LogP contribution < -0.4 is 0 Å². The van der Waals surface area contributed by atoms with Gasteiger partial charge in [0.25, 0.3) is 0 Å². The number of benzene rings is 2. The second kappa shape index (κ2) is 5.51. The number of aliphatic imine (C=N–C) groups is 1. The van der Waals surface area contributed by atoms with E-state index in [4.69, 9.17) is 11.6 Å². The highest BCUT2D eigenvalue weighted by Gasteiger charge is 2.22. The molecular weight excluding hydrogens is 318 g/mol. The minimum atomic E-state index is 0.217. The molecule has 3 aromatic rings. The number of hydrogen-bond acceptors (Lipinski definition) is 2. The summed E-state index contributed by atoms with van der Waals surface area (Å²) in [5.41, 5.74) is 6.09. The van der Waals surface area contributed by atoms with E-state index in [9.17, 15) is 5.26 Å². The molecule has 0 atom stereocenters. The Labute approximate surface area is 145 Å². The summed E-state index contributed by atoms with van der Waals surface area (Å²) >= 11 is 6.21. The van der Waals surface area contributed by atoms with Gasteiger partial charge in [-0.05, 0) is 47.4 Å². The number of fused-ring (bicyclic) bond motifs is 2. The van der Waals surface area contributed by atoms with Gasteiger partial charge >= 0.3 is 0 Å². The van der Waals surface area contributed by atoms with Crippen LogP contribution in [0.4, 0.5) is 0 Å². The highest BCUT2D eigenvalue weighted by atomic mass is 35.5. The van der Waals surface area contributed by atoms with E-state index in [1.807, 2.05) is 30.5 Å². The maximum Gasteiger partial charge on any atom is 0.102 e. The van der Waals surface area contributed by atoms with Crippen molar-refractivity contribution in [1.29, 1.82) is 5.26 Å². The summed E-state index contributed by atoms with van der Waals surface area (Å²) in [7, 11) is 0. The fourth-order valence-corrected chi connectivity index (χ4v) is 3.66. The van der Waals surface area contributed by atoms with Crippen LogP contribution in [-0.4, -0.2) is 10.8 Å². The minimum absolute atomic E-state index is 0.217. The van der Waals surface area contributed by atoms with Gasteiger partial charge in [0.15, 0.2) is 0 Å². The van der Waals surface area contributed by atoms with E-state index in [0.717, 1.165) is 33.4 Å². The summed E-state index contributed by atoms with van der Waals surface area (Å²) < 4.78 is 2.16. The quantitative estimate of drug-likeness (QED) is 0.634. The zero-order valence-electron chi connectivity index (χ0n) is 13.5. The average Bonchev–Trinajstić information content (AvgIpc) is 3.13. The fourth-order valence-electron chi connectivity index (χ4n) is 3.47. The van der Waals surface area contributed by atoms with E-state index in [2.05, 4.69) is 41.6 Å². The van der Waals surface area contributed by atoms with Gasteiger partial charge in [-0.25, -0.2) is 0 Å². The monoisotopic (exact) mass is 333 g/mol. The largest absolute Gasteiger partial charge is 0.312 e. The molecule has 24 heavy (non-hydrogen) atoms. The molecule has 0 saturated heterocycles. The van der Waals surface area contributed by atoms with Gasteiger partial charge in [-0.2, -0.15) is 5.26 Å². The first kappa shape index (κ1) is 15.0. The van der Waals surface area contributed by atoms with Crippen molar-refractivity contribution < 1.29 is 0 Å². The summed E-state index contributed by atoms with van der Waals surface area (Å²) in [6, 6.07) is 14.4. The van der Waals surface area contributed by atoms with Crippen molar-refractivity contribution in [3.05, 3.63) is 63.8 Å². The van der Waals surface area contributed by atoms with E-state index in [-0.39, 0.29) is 5.92 Å². The van der Waals surface area contributed by atoms with Gasteiger partial charge in [0.2, 0.25) is 0 Å². The van der Waals surface area contributed by atoms with Crippen LogP contribution in [0.15, 0.2) is 41.4 Å². The van der Waals surface area contributed by atoms with E-state index in [0.29, 0.717) is 11.6 Å². The van der Waals surface area contributed by atoms with Crippen LogP contribution in [0.3, 0.4) is 0 Å². The van der Waals surface area contributed by atoms with Crippen molar-refractivity contribution in [3.63, 3.8) is 0 Å². The standard InChI is InChI=1S/C20H16ClN3/c1-12(2)20-18(9-22)17-6-13-10-23-11-14(13)7-19(17)24(20)16-5-3-4-15(21)8-16/h3-8,11-12H,10H2,1-2H3. The van der Waals surface area contributed by atoms with Gasteiger partial charge in [-0.1, -0.05) is 31.5 Å². The Hall–Kier alpha value is -2.57. The number of aromatic nitrogens is 1. The van der Waals surface area contributed by atoms with Crippen LogP contribution in [0.5, 0.6) is 0 Å². The lowest BCUT2D eigenvalue weighted by Gasteiger charge is -2.14. The molecule has 0 N–H and O–H groups in total. The highest BCUT2D eigenvalue weighted by Crippen LogP contribution is 2.36. The summed E-state index contributed by atoms with van der Waals surface area (Å²) in [5.74, 6) is 0.217. The number of rotatable bonds is 2. The van der Waals surface area contributed by atoms with Gasteiger partial charge < -0.3 is 4.57 Å². The molecule has 1 aromatic heterocycles. The highest BCUT2D eigenvalue weighted by molar-refractivity contribution is 6.30. The van der Waals surface area contributed by atoms with Crippen molar-refractivity contribution in [3.8, 4) is 11.8 Å². The first-order valence-corrected chi connectivity index (χ1v) is 8.35. The van der Waals surface area contributed by atoms with Gasteiger partial charge in [0, 0.05) is 28.0 Å². The van der Waals surface area contributed by atoms with Crippen LogP contribution in [0.1, 0.15) is 42.1 Å². The zero-order valence-corrected chi connectivity index (χ0v) is 14.3. The summed E-state index contributed by atoms with van der Waals surface area (Å²) in [6.45, 7) is 4.92. The van der Waals surface area contributed by atoms with E-state index in [1.54, 1.807) is 0 Å². The third-order valence-corrected chi connectivity index (χ3v) is 4.72. The van der Waals surface area contributed by atoms with Crippen LogP contribution in [0.25, 0.3) is 16.6 Å². The van der Waals surface area contributed by atoms with Crippen LogP contribution in [0, 0.1) is 11.3 Å². The Morgan fingerprint density at radius 1 is 1.25 bits per heavy atom. The first-order chi connectivity index (χ1) is 11.6. The molecule has 4 rings (SSSR count). The van der Waals surface area contributed by atoms with E-state index < -0.39 is 0 Å². The molecule has 0 fully saturated rings. The van der Waals surface area contributed by atoms with E-state index >= 15 is 0 Å². The fraction of sp³-hybridized carbons (Fsp3) is 0.200. The molecule has 2 aromatic carbocycles. The molecule has 0 bridgehead atoms. The van der Waals surface area contributed by atoms with Crippen molar-refractivity contribution >= 4 is 28.7 Å². The van der Waals surface area contributed by atoms with Crippen molar-refractivity contribution in [2.45, 2.75) is 26.3 Å². The van der Waals surface area contributed by atoms with Crippen molar-refractivity contribution in [1.82, 2.24) is 4.57 Å². The van der Waals surface area contributed by atoms with Crippen molar-refractivity contribution in [2.24, 2.45) is 4.99 Å². The summed E-state index contributed by atoms with van der Waals surface area (Å²) in [4.78, 5) is 4.35. The lowest BCUT2D eigenvalue weighted by atomic mass is 10.0. The van der Waals surface area contributed by atoms with Gasteiger partial charge in [0.1, 0.15) is 6.07 Å². The molecule has 1 aliphatic heterocycles. The predicted octanol–water partition coefficient (Wildman–Crippen LogP) is 5.21. The lowest BCUT2D eigenvalue weighted by Crippen LogP contribution is -2.03. The average molecular weight is 334 g/mol. The van der Waals surface area contributed by atoms with Crippen LogP contribution in [0.2, 0.25) is 5.02 Å². The Morgan fingerprint density at radius 2 is 2.08 bits per heavy atom. The van der Waals surface area contributed by atoms with Gasteiger partial charge in [-0.3, -0.25) is 4.99 Å². The Bertz CT molecular complexity index is 1040. The predicted molar refractivity (Wildman–Crippen MR) is 98.4 cm³/mol. The smallest absolute Gasteiger partial charge is 0.102 e. The topological polar surface area (TPSA) is 41.1 Å². The SMILES string of the molecule is CC(C)c1c(C#N)c2cc3c(cc2n1-c1cccc(Cl)c1)C=NC3. The van der Waals surface area contributed by atoms with Gasteiger partial charge in [-0.15, -0.1) is 0 Å². The third-order valence-electron chi connectivity index (χ3n) is 4.48. The zero-order chi connectivity index (χ0) is 16.8. The number of hydrogen-bond donors (Lipinski definition) is 0. The van der Waals surface area contributed by atoms with Gasteiger partial charge in [0.05, 0.1) is 17.6 Å². The molecule has 0 aliphatic carbocycles. The third kappa shape index (κ3) is 2.15. The van der Waals surface area contributed by atoms with Crippen LogP contribution in [-0.2, 0) is 6.54 Å². The maximum atomic E-state index is 9.81. The second-order valence-corrected chi connectivity index (χ2v) is 6.82. The Balaban J connectivity index is 2.16. The van der Waals surface area contributed by atoms with Crippen LogP contribution >= 0.6 is 11.6 Å². The molecule has 2 heterocycles. The molecule has 3 nitrogen and oxygen atoms in total. The molecule has 0 amide bonds. The molecule has 0 radical (unpaired) electrons. The molecule has 118 valence electrons. The summed E-state index contributed by atoms with van der Waals surface area (Å²) in [5, 5.41) is 11.5. The Morgan fingerprint density at radius 3 is 2.79 bits per heavy atom. The number of nitriles is 1.